The van der Waals surface area contributed by atoms with Crippen LogP contribution in [0.5, 0.6) is 0 Å². The SMILES string of the molecule is COCCN1Cc2cc3cc(C)ccc3nc2SC1=Nc1cccc(C)c1. The Kier molecular flexibility index (Phi) is 5.14. The van der Waals surface area contributed by atoms with E-state index in [4.69, 9.17) is 14.7 Å². The second kappa shape index (κ2) is 7.71. The van der Waals surface area contributed by atoms with Gasteiger partial charge in [-0.1, -0.05) is 23.8 Å². The van der Waals surface area contributed by atoms with E-state index in [0.29, 0.717) is 6.61 Å². The Hall–Kier alpha value is -2.37. The summed E-state index contributed by atoms with van der Waals surface area (Å²) in [6, 6.07) is 17.0. The standard InChI is InChI=1S/C22H23N3OS/c1-15-5-4-6-19(12-15)23-22-25(9-10-26-3)14-18-13-17-11-16(2)7-8-20(17)24-21(18)27-22/h4-8,11-13H,9-10,14H2,1-3H3. The van der Waals surface area contributed by atoms with Gasteiger partial charge in [0.1, 0.15) is 5.03 Å². The minimum absolute atomic E-state index is 0.669. The van der Waals surface area contributed by atoms with Crippen molar-refractivity contribution in [1.82, 2.24) is 9.88 Å². The van der Waals surface area contributed by atoms with Crippen molar-refractivity contribution in [2.75, 3.05) is 20.3 Å². The lowest BCUT2D eigenvalue weighted by Gasteiger charge is -2.30. The van der Waals surface area contributed by atoms with Crippen LogP contribution in [-0.4, -0.2) is 35.3 Å². The van der Waals surface area contributed by atoms with Crippen LogP contribution in [0.2, 0.25) is 0 Å². The number of aliphatic imine (C=N–C) groups is 1. The van der Waals surface area contributed by atoms with Crippen LogP contribution in [0.25, 0.3) is 10.9 Å². The lowest BCUT2D eigenvalue weighted by Crippen LogP contribution is -2.34. The van der Waals surface area contributed by atoms with Crippen molar-refractivity contribution in [3.8, 4) is 0 Å². The Morgan fingerprint density at radius 3 is 2.78 bits per heavy atom. The number of pyridine rings is 1. The molecule has 4 rings (SSSR count). The van der Waals surface area contributed by atoms with Crippen molar-refractivity contribution < 1.29 is 4.74 Å². The van der Waals surface area contributed by atoms with E-state index in [1.807, 2.05) is 12.1 Å². The molecule has 4 nitrogen and oxygen atoms in total. The molecule has 0 fully saturated rings. The molecule has 0 bridgehead atoms. The molecule has 27 heavy (non-hydrogen) atoms. The van der Waals surface area contributed by atoms with Gasteiger partial charge in [-0.2, -0.15) is 0 Å². The van der Waals surface area contributed by atoms with Gasteiger partial charge in [-0.15, -0.1) is 0 Å². The molecular formula is C22H23N3OS. The van der Waals surface area contributed by atoms with Crippen molar-refractivity contribution in [2.24, 2.45) is 4.99 Å². The third-order valence-electron chi connectivity index (χ3n) is 4.62. The summed E-state index contributed by atoms with van der Waals surface area (Å²) >= 11 is 1.64. The summed E-state index contributed by atoms with van der Waals surface area (Å²) in [5.41, 5.74) is 5.72. The molecule has 0 atom stereocenters. The number of nitrogens with zero attached hydrogens (tertiary/aromatic N) is 3. The molecule has 3 aromatic rings. The normalized spacial score (nSPS) is 15.4. The van der Waals surface area contributed by atoms with E-state index in [9.17, 15) is 0 Å². The monoisotopic (exact) mass is 377 g/mol. The van der Waals surface area contributed by atoms with Gasteiger partial charge < -0.3 is 9.64 Å². The summed E-state index contributed by atoms with van der Waals surface area (Å²) in [5, 5.41) is 3.22. The number of hydrogen-bond donors (Lipinski definition) is 0. The van der Waals surface area contributed by atoms with Gasteiger partial charge in [-0.3, -0.25) is 0 Å². The van der Waals surface area contributed by atoms with Crippen molar-refractivity contribution in [1.29, 1.82) is 0 Å². The summed E-state index contributed by atoms with van der Waals surface area (Å²) < 4.78 is 5.31. The largest absolute Gasteiger partial charge is 0.383 e. The third kappa shape index (κ3) is 3.99. The zero-order chi connectivity index (χ0) is 18.8. The van der Waals surface area contributed by atoms with Crippen molar-refractivity contribution >= 4 is 33.5 Å². The maximum Gasteiger partial charge on any atom is 0.171 e. The predicted molar refractivity (Wildman–Crippen MR) is 113 cm³/mol. The van der Waals surface area contributed by atoms with E-state index >= 15 is 0 Å². The quantitative estimate of drug-likeness (QED) is 0.634. The number of aryl methyl sites for hydroxylation is 2. The van der Waals surface area contributed by atoms with E-state index in [1.165, 1.54) is 22.1 Å². The van der Waals surface area contributed by atoms with Crippen molar-refractivity contribution in [3.63, 3.8) is 0 Å². The van der Waals surface area contributed by atoms with Gasteiger partial charge in [0.25, 0.3) is 0 Å². The number of aromatic nitrogens is 1. The molecule has 1 aliphatic heterocycles. The van der Waals surface area contributed by atoms with E-state index in [-0.39, 0.29) is 0 Å². The Morgan fingerprint density at radius 2 is 1.96 bits per heavy atom. The average Bonchev–Trinajstić information content (AvgIpc) is 2.65. The molecule has 2 aromatic carbocycles. The van der Waals surface area contributed by atoms with Gasteiger partial charge in [-0.05, 0) is 61.5 Å². The van der Waals surface area contributed by atoms with Crippen molar-refractivity contribution in [2.45, 2.75) is 25.4 Å². The summed E-state index contributed by atoms with van der Waals surface area (Å²) in [4.78, 5) is 12.1. The first-order valence-electron chi connectivity index (χ1n) is 9.10. The lowest BCUT2D eigenvalue weighted by atomic mass is 10.1. The molecule has 0 radical (unpaired) electrons. The van der Waals surface area contributed by atoms with Crippen LogP contribution in [0.15, 0.2) is 58.5 Å². The van der Waals surface area contributed by atoms with Gasteiger partial charge in [0, 0.05) is 31.1 Å². The number of ether oxygens (including phenoxy) is 1. The topological polar surface area (TPSA) is 37.7 Å². The zero-order valence-corrected chi connectivity index (χ0v) is 16.7. The number of fused-ring (bicyclic) bond motifs is 2. The molecule has 0 saturated carbocycles. The van der Waals surface area contributed by atoms with Crippen molar-refractivity contribution in [3.05, 3.63) is 65.2 Å². The van der Waals surface area contributed by atoms with Gasteiger partial charge in [0.15, 0.2) is 5.17 Å². The Bertz CT molecular complexity index is 1020. The zero-order valence-electron chi connectivity index (χ0n) is 15.9. The maximum atomic E-state index is 5.31. The summed E-state index contributed by atoms with van der Waals surface area (Å²) in [7, 11) is 1.74. The molecule has 0 unspecified atom stereocenters. The molecule has 138 valence electrons. The molecule has 0 spiro atoms. The van der Waals surface area contributed by atoms with Crippen LogP contribution in [0.3, 0.4) is 0 Å². The number of hydrogen-bond acceptors (Lipinski definition) is 4. The molecule has 1 aliphatic rings. The first-order valence-corrected chi connectivity index (χ1v) is 9.91. The summed E-state index contributed by atoms with van der Waals surface area (Å²) in [6.45, 7) is 6.48. The number of benzene rings is 2. The van der Waals surface area contributed by atoms with E-state index < -0.39 is 0 Å². The number of rotatable bonds is 4. The number of methoxy groups -OCH3 is 1. The molecule has 0 amide bonds. The van der Waals surface area contributed by atoms with E-state index in [0.717, 1.165) is 34.5 Å². The van der Waals surface area contributed by atoms with Crippen LogP contribution < -0.4 is 0 Å². The molecule has 0 aliphatic carbocycles. The highest BCUT2D eigenvalue weighted by molar-refractivity contribution is 8.13. The van der Waals surface area contributed by atoms with Gasteiger partial charge in [0.05, 0.1) is 17.8 Å². The Morgan fingerprint density at radius 1 is 1.11 bits per heavy atom. The Labute approximate surface area is 164 Å². The minimum atomic E-state index is 0.669. The van der Waals surface area contributed by atoms with Crippen LogP contribution in [0, 0.1) is 13.8 Å². The second-order valence-electron chi connectivity index (χ2n) is 6.90. The first-order chi connectivity index (χ1) is 13.1. The highest BCUT2D eigenvalue weighted by Gasteiger charge is 2.24. The van der Waals surface area contributed by atoms with Crippen LogP contribution in [0.4, 0.5) is 5.69 Å². The third-order valence-corrected chi connectivity index (χ3v) is 5.70. The predicted octanol–water partition coefficient (Wildman–Crippen LogP) is 5.09. The molecule has 1 aromatic heterocycles. The molecule has 2 heterocycles. The average molecular weight is 378 g/mol. The fourth-order valence-corrected chi connectivity index (χ4v) is 4.23. The minimum Gasteiger partial charge on any atom is -0.383 e. The highest BCUT2D eigenvalue weighted by atomic mass is 32.2. The summed E-state index contributed by atoms with van der Waals surface area (Å²) in [5.74, 6) is 0. The fourth-order valence-electron chi connectivity index (χ4n) is 3.23. The smallest absolute Gasteiger partial charge is 0.171 e. The molecule has 0 N–H and O–H groups in total. The summed E-state index contributed by atoms with van der Waals surface area (Å²) in [6.07, 6.45) is 0. The molecule has 5 heteroatoms. The van der Waals surface area contributed by atoms with Gasteiger partial charge in [-0.25, -0.2) is 9.98 Å². The number of thioether (sulfide) groups is 1. The van der Waals surface area contributed by atoms with Crippen LogP contribution in [-0.2, 0) is 11.3 Å². The van der Waals surface area contributed by atoms with Crippen LogP contribution >= 0.6 is 11.8 Å². The first kappa shape index (κ1) is 18.0. The number of amidine groups is 1. The molecule has 0 saturated heterocycles. The maximum absolute atomic E-state index is 5.31. The van der Waals surface area contributed by atoms with Crippen LogP contribution in [0.1, 0.15) is 16.7 Å². The van der Waals surface area contributed by atoms with E-state index in [1.54, 1.807) is 18.9 Å². The van der Waals surface area contributed by atoms with Gasteiger partial charge in [0.2, 0.25) is 0 Å². The molecular weight excluding hydrogens is 354 g/mol. The fraction of sp³-hybridized carbons (Fsp3) is 0.273. The second-order valence-corrected chi connectivity index (χ2v) is 7.85. The lowest BCUT2D eigenvalue weighted by molar-refractivity contribution is 0.174. The van der Waals surface area contributed by atoms with Gasteiger partial charge >= 0.3 is 0 Å². The Balaban J connectivity index is 1.74. The highest BCUT2D eigenvalue weighted by Crippen LogP contribution is 2.34. The van der Waals surface area contributed by atoms with E-state index in [2.05, 4.69) is 55.1 Å².